The van der Waals surface area contributed by atoms with E-state index in [0.29, 0.717) is 5.75 Å². The number of rotatable bonds is 5. The van der Waals surface area contributed by atoms with Gasteiger partial charge < -0.3 is 9.84 Å². The van der Waals surface area contributed by atoms with Crippen LogP contribution < -0.4 is 4.74 Å². The van der Waals surface area contributed by atoms with Gasteiger partial charge in [-0.15, -0.1) is 0 Å². The highest BCUT2D eigenvalue weighted by Gasteiger charge is 2.16. The average Bonchev–Trinajstić information content (AvgIpc) is 2.68. The van der Waals surface area contributed by atoms with Gasteiger partial charge in [0.2, 0.25) is 0 Å². The summed E-state index contributed by atoms with van der Waals surface area (Å²) >= 11 is 0. The van der Waals surface area contributed by atoms with Crippen molar-refractivity contribution in [2.24, 2.45) is 5.41 Å². The monoisotopic (exact) mass is 284 g/mol. The number of carbonyl (C=O) groups is 1. The summed E-state index contributed by atoms with van der Waals surface area (Å²) in [4.78, 5) is 10.7. The van der Waals surface area contributed by atoms with Crippen LogP contribution in [0.5, 0.6) is 5.75 Å². The largest absolute Gasteiger partial charge is 0.481 e. The van der Waals surface area contributed by atoms with E-state index >= 15 is 0 Å². The lowest BCUT2D eigenvalue weighted by atomic mass is 9.87. The van der Waals surface area contributed by atoms with E-state index in [1.807, 2.05) is 30.4 Å². The van der Waals surface area contributed by atoms with Crippen LogP contribution in [0, 0.1) is 5.41 Å². The molecule has 0 saturated heterocycles. The number of hydrogen-bond acceptors (Lipinski definition) is 2. The van der Waals surface area contributed by atoms with E-state index in [4.69, 9.17) is 9.84 Å². The molecule has 0 radical (unpaired) electrons. The predicted octanol–water partition coefficient (Wildman–Crippen LogP) is 4.08. The summed E-state index contributed by atoms with van der Waals surface area (Å²) in [5, 5.41) is 8.76. The van der Waals surface area contributed by atoms with Gasteiger partial charge >= 0.3 is 5.97 Å². The van der Waals surface area contributed by atoms with Gasteiger partial charge in [0.1, 0.15) is 5.75 Å². The lowest BCUT2D eigenvalue weighted by Crippen LogP contribution is -2.10. The Bertz CT molecular complexity index is 611. The average molecular weight is 284 g/mol. The van der Waals surface area contributed by atoms with Crippen molar-refractivity contribution in [3.8, 4) is 5.75 Å². The number of carboxylic acids is 1. The molecule has 1 atom stereocenters. The topological polar surface area (TPSA) is 46.5 Å². The molecule has 0 bridgehead atoms. The van der Waals surface area contributed by atoms with Crippen LogP contribution in [0.3, 0.4) is 0 Å². The number of carboxylic acid groups (broad SMARTS) is 1. The lowest BCUT2D eigenvalue weighted by Gasteiger charge is -2.18. The first kappa shape index (κ1) is 15.1. The molecule has 1 N–H and O–H groups in total. The molecular formula is C18H20O3. The van der Waals surface area contributed by atoms with E-state index in [0.717, 1.165) is 17.6 Å². The van der Waals surface area contributed by atoms with Gasteiger partial charge in [0.05, 0.1) is 0 Å². The van der Waals surface area contributed by atoms with Crippen LogP contribution in [0.25, 0.3) is 5.57 Å². The number of aliphatic carboxylic acids is 1. The van der Waals surface area contributed by atoms with E-state index in [1.54, 1.807) is 6.07 Å². The minimum Gasteiger partial charge on any atom is -0.481 e. The summed E-state index contributed by atoms with van der Waals surface area (Å²) in [6.45, 7) is 4.00. The maximum Gasteiger partial charge on any atom is 0.341 e. The van der Waals surface area contributed by atoms with Crippen LogP contribution >= 0.6 is 0 Å². The van der Waals surface area contributed by atoms with E-state index in [-0.39, 0.29) is 12.0 Å². The number of ether oxygens (including phenoxy) is 1. The zero-order valence-corrected chi connectivity index (χ0v) is 12.4. The second kappa shape index (κ2) is 6.44. The van der Waals surface area contributed by atoms with E-state index in [2.05, 4.69) is 32.1 Å². The van der Waals surface area contributed by atoms with E-state index < -0.39 is 5.97 Å². The first-order valence-corrected chi connectivity index (χ1v) is 7.07. The summed E-state index contributed by atoms with van der Waals surface area (Å²) in [7, 11) is 0. The third-order valence-electron chi connectivity index (χ3n) is 3.71. The molecule has 1 aromatic carbocycles. The minimum absolute atomic E-state index is 0.0507. The standard InChI is InChI=1S/C18H20O3/c1-3-18(2)11-6-7-14(10-12-18)15-8-4-5-9-16(15)21-13-17(19)20/h4-12H,3,13H2,1-2H3,(H,19,20). The summed E-state index contributed by atoms with van der Waals surface area (Å²) < 4.78 is 5.37. The molecule has 1 aliphatic carbocycles. The molecule has 0 heterocycles. The number of para-hydroxylation sites is 1. The van der Waals surface area contributed by atoms with Crippen molar-refractivity contribution >= 4 is 11.5 Å². The molecular weight excluding hydrogens is 264 g/mol. The van der Waals surface area contributed by atoms with Gasteiger partial charge in [0.15, 0.2) is 6.61 Å². The molecule has 21 heavy (non-hydrogen) atoms. The number of hydrogen-bond donors (Lipinski definition) is 1. The zero-order valence-electron chi connectivity index (χ0n) is 12.4. The molecule has 110 valence electrons. The molecule has 2 rings (SSSR count). The van der Waals surface area contributed by atoms with E-state index in [1.165, 1.54) is 0 Å². The van der Waals surface area contributed by atoms with Crippen molar-refractivity contribution in [3.05, 3.63) is 60.2 Å². The fourth-order valence-corrected chi connectivity index (χ4v) is 2.15. The highest BCUT2D eigenvalue weighted by Crippen LogP contribution is 2.33. The molecule has 1 unspecified atom stereocenters. The Labute approximate surface area is 125 Å². The van der Waals surface area contributed by atoms with Crippen LogP contribution in [-0.4, -0.2) is 17.7 Å². The Kier molecular flexibility index (Phi) is 4.63. The molecule has 3 heteroatoms. The van der Waals surface area contributed by atoms with Gasteiger partial charge in [-0.3, -0.25) is 0 Å². The molecule has 0 spiro atoms. The first-order chi connectivity index (χ1) is 10.0. The second-order valence-corrected chi connectivity index (χ2v) is 5.35. The zero-order chi connectivity index (χ0) is 15.3. The summed E-state index contributed by atoms with van der Waals surface area (Å²) in [6.07, 6.45) is 11.5. The Morgan fingerprint density at radius 2 is 2.05 bits per heavy atom. The van der Waals surface area contributed by atoms with Gasteiger partial charge in [-0.05, 0) is 18.1 Å². The summed E-state index contributed by atoms with van der Waals surface area (Å²) in [6, 6.07) is 7.50. The highest BCUT2D eigenvalue weighted by atomic mass is 16.5. The van der Waals surface area contributed by atoms with Gasteiger partial charge in [0, 0.05) is 11.0 Å². The Balaban J connectivity index is 2.30. The number of benzene rings is 1. The Hall–Kier alpha value is -2.29. The Morgan fingerprint density at radius 3 is 2.76 bits per heavy atom. The molecule has 0 fully saturated rings. The number of allylic oxidation sites excluding steroid dienone is 6. The van der Waals surface area contributed by atoms with Crippen LogP contribution in [0.4, 0.5) is 0 Å². The van der Waals surface area contributed by atoms with Crippen molar-refractivity contribution in [3.63, 3.8) is 0 Å². The van der Waals surface area contributed by atoms with Crippen molar-refractivity contribution in [2.75, 3.05) is 6.61 Å². The minimum atomic E-state index is -0.978. The van der Waals surface area contributed by atoms with Crippen LogP contribution in [0.15, 0.2) is 54.6 Å². The molecule has 0 aromatic heterocycles. The highest BCUT2D eigenvalue weighted by molar-refractivity contribution is 5.79. The molecule has 0 saturated carbocycles. The first-order valence-electron chi connectivity index (χ1n) is 7.07. The van der Waals surface area contributed by atoms with Crippen molar-refractivity contribution in [2.45, 2.75) is 20.3 Å². The van der Waals surface area contributed by atoms with Crippen LogP contribution in [0.2, 0.25) is 0 Å². The van der Waals surface area contributed by atoms with Gasteiger partial charge in [-0.25, -0.2) is 4.79 Å². The molecule has 1 aromatic rings. The van der Waals surface area contributed by atoms with Crippen molar-refractivity contribution in [1.29, 1.82) is 0 Å². The predicted molar refractivity (Wildman–Crippen MR) is 84.2 cm³/mol. The van der Waals surface area contributed by atoms with Gasteiger partial charge in [-0.2, -0.15) is 0 Å². The maximum atomic E-state index is 10.7. The van der Waals surface area contributed by atoms with Crippen molar-refractivity contribution < 1.29 is 14.6 Å². The molecule has 3 nitrogen and oxygen atoms in total. The van der Waals surface area contributed by atoms with E-state index in [9.17, 15) is 4.79 Å². The van der Waals surface area contributed by atoms with Gasteiger partial charge in [0.25, 0.3) is 0 Å². The lowest BCUT2D eigenvalue weighted by molar-refractivity contribution is -0.139. The van der Waals surface area contributed by atoms with Crippen LogP contribution in [-0.2, 0) is 4.79 Å². The molecule has 0 amide bonds. The second-order valence-electron chi connectivity index (χ2n) is 5.35. The smallest absolute Gasteiger partial charge is 0.341 e. The van der Waals surface area contributed by atoms with Gasteiger partial charge in [-0.1, -0.05) is 62.4 Å². The summed E-state index contributed by atoms with van der Waals surface area (Å²) in [5.41, 5.74) is 1.97. The summed E-state index contributed by atoms with van der Waals surface area (Å²) in [5.74, 6) is -0.391. The third kappa shape index (κ3) is 3.85. The third-order valence-corrected chi connectivity index (χ3v) is 3.71. The molecule has 0 aliphatic heterocycles. The quantitative estimate of drug-likeness (QED) is 0.886. The normalized spacial score (nSPS) is 20.8. The fraction of sp³-hybridized carbons (Fsp3) is 0.278. The Morgan fingerprint density at radius 1 is 1.29 bits per heavy atom. The SMILES string of the molecule is CCC1(C)C=CC=C(c2ccccc2OCC(=O)O)C=C1. The van der Waals surface area contributed by atoms with Crippen LogP contribution in [0.1, 0.15) is 25.8 Å². The maximum absolute atomic E-state index is 10.7. The molecule has 1 aliphatic rings. The van der Waals surface area contributed by atoms with Crippen molar-refractivity contribution in [1.82, 2.24) is 0 Å². The fourth-order valence-electron chi connectivity index (χ4n) is 2.15.